The molecule has 1 aromatic carbocycles. The molecule has 3 atom stereocenters. The Labute approximate surface area is 189 Å². The number of fused-ring (bicyclic) bond motifs is 1. The van der Waals surface area contributed by atoms with Crippen LogP contribution in [0.1, 0.15) is 46.8 Å². The van der Waals surface area contributed by atoms with Gasteiger partial charge in [-0.25, -0.2) is 4.79 Å². The second-order valence-electron chi connectivity index (χ2n) is 8.61. The molecule has 2 heterocycles. The van der Waals surface area contributed by atoms with Crippen LogP contribution in [0.4, 0.5) is 0 Å². The van der Waals surface area contributed by atoms with E-state index in [0.717, 1.165) is 11.1 Å². The van der Waals surface area contributed by atoms with Crippen LogP contribution in [0.25, 0.3) is 0 Å². The van der Waals surface area contributed by atoms with Gasteiger partial charge in [-0.3, -0.25) is 4.79 Å². The molecule has 1 aromatic rings. The molecule has 0 aromatic heterocycles. The minimum absolute atomic E-state index is 0. The third kappa shape index (κ3) is 6.05. The SMILES string of the molecule is C.C.C.Cc1ccc(COC(=O)C2=C(CO)CC3C(C(C)O[Si](C)(C)C)C(=O)N23)cc1. The number of aryl methyl sites for hydroxylation is 1. The summed E-state index contributed by atoms with van der Waals surface area (Å²) in [6.07, 6.45) is 0.282. The number of aliphatic hydroxyl groups excluding tert-OH is 1. The number of esters is 1. The van der Waals surface area contributed by atoms with Crippen molar-refractivity contribution in [3.63, 3.8) is 0 Å². The van der Waals surface area contributed by atoms with Crippen LogP contribution in [0.15, 0.2) is 35.5 Å². The molecule has 0 radical (unpaired) electrons. The number of hydrogen-bond acceptors (Lipinski definition) is 5. The number of rotatable bonds is 7. The summed E-state index contributed by atoms with van der Waals surface area (Å²) in [7, 11) is -1.78. The van der Waals surface area contributed by atoms with Gasteiger partial charge < -0.3 is 19.2 Å². The largest absolute Gasteiger partial charge is 0.456 e. The van der Waals surface area contributed by atoms with Gasteiger partial charge in [0.25, 0.3) is 0 Å². The Balaban J connectivity index is 0.00000300. The molecule has 0 saturated carbocycles. The lowest BCUT2D eigenvalue weighted by Gasteiger charge is -2.47. The van der Waals surface area contributed by atoms with Gasteiger partial charge in [0.2, 0.25) is 5.91 Å². The number of nitrogens with zero attached hydrogens (tertiary/aromatic N) is 1. The molecule has 1 N–H and O–H groups in total. The van der Waals surface area contributed by atoms with Crippen LogP contribution in [0, 0.1) is 12.8 Å². The van der Waals surface area contributed by atoms with Crippen LogP contribution in [0.5, 0.6) is 0 Å². The van der Waals surface area contributed by atoms with E-state index in [0.29, 0.717) is 12.0 Å². The summed E-state index contributed by atoms with van der Waals surface area (Å²) in [5.74, 6) is -0.963. The third-order valence-electron chi connectivity index (χ3n) is 5.22. The van der Waals surface area contributed by atoms with Gasteiger partial charge >= 0.3 is 5.97 Å². The Morgan fingerprint density at radius 1 is 1.19 bits per heavy atom. The Kier molecular flexibility index (Phi) is 10.4. The Bertz CT molecular complexity index is 797. The number of amides is 1. The lowest BCUT2D eigenvalue weighted by molar-refractivity contribution is -0.162. The zero-order valence-electron chi connectivity index (χ0n) is 17.2. The van der Waals surface area contributed by atoms with E-state index >= 15 is 0 Å². The number of aliphatic hydroxyl groups is 1. The van der Waals surface area contributed by atoms with E-state index in [4.69, 9.17) is 9.16 Å². The summed E-state index contributed by atoms with van der Waals surface area (Å²) in [6, 6.07) is 7.58. The molecular formula is C24H41NO5Si. The molecular weight excluding hydrogens is 410 g/mol. The first kappa shape index (κ1) is 29.0. The summed E-state index contributed by atoms with van der Waals surface area (Å²) >= 11 is 0. The number of ether oxygens (including phenoxy) is 1. The van der Waals surface area contributed by atoms with Crippen molar-refractivity contribution in [2.24, 2.45) is 5.92 Å². The van der Waals surface area contributed by atoms with Gasteiger partial charge in [-0.2, -0.15) is 0 Å². The highest BCUT2D eigenvalue weighted by atomic mass is 28.4. The summed E-state index contributed by atoms with van der Waals surface area (Å²) in [5, 5.41) is 9.73. The van der Waals surface area contributed by atoms with Crippen molar-refractivity contribution in [1.82, 2.24) is 4.90 Å². The molecule has 31 heavy (non-hydrogen) atoms. The van der Waals surface area contributed by atoms with Crippen molar-refractivity contribution in [2.45, 2.75) is 80.9 Å². The van der Waals surface area contributed by atoms with Crippen LogP contribution in [-0.2, 0) is 25.4 Å². The number of benzene rings is 1. The van der Waals surface area contributed by atoms with E-state index in [-0.39, 0.29) is 65.2 Å². The molecule has 1 fully saturated rings. The number of hydrogen-bond donors (Lipinski definition) is 1. The van der Waals surface area contributed by atoms with E-state index in [9.17, 15) is 14.7 Å². The van der Waals surface area contributed by atoms with Crippen LogP contribution < -0.4 is 0 Å². The van der Waals surface area contributed by atoms with Crippen molar-refractivity contribution in [3.05, 3.63) is 46.7 Å². The second kappa shape index (κ2) is 11.1. The molecule has 7 heteroatoms. The average molecular weight is 452 g/mol. The van der Waals surface area contributed by atoms with Crippen LogP contribution in [-0.4, -0.2) is 49.0 Å². The molecule has 2 aliphatic heterocycles. The summed E-state index contributed by atoms with van der Waals surface area (Å²) in [6.45, 7) is 10.0. The summed E-state index contributed by atoms with van der Waals surface area (Å²) in [5.41, 5.74) is 2.78. The highest BCUT2D eigenvalue weighted by Gasteiger charge is 2.57. The van der Waals surface area contributed by atoms with E-state index in [1.54, 1.807) is 0 Å². The fraction of sp³-hybridized carbons (Fsp3) is 0.583. The Morgan fingerprint density at radius 2 is 1.77 bits per heavy atom. The molecule has 0 bridgehead atoms. The molecule has 6 nitrogen and oxygen atoms in total. The topological polar surface area (TPSA) is 76.1 Å². The monoisotopic (exact) mass is 451 g/mol. The predicted molar refractivity (Wildman–Crippen MR) is 128 cm³/mol. The van der Waals surface area contributed by atoms with E-state index in [1.807, 2.05) is 38.1 Å². The van der Waals surface area contributed by atoms with E-state index in [2.05, 4.69) is 19.6 Å². The smallest absolute Gasteiger partial charge is 0.355 e. The average Bonchev–Trinajstić information content (AvgIpc) is 2.93. The third-order valence-corrected chi connectivity index (χ3v) is 6.30. The van der Waals surface area contributed by atoms with Crippen molar-refractivity contribution >= 4 is 20.2 Å². The molecule has 0 spiro atoms. The standard InChI is InChI=1S/C21H29NO5Si.3CH4/c1-13-6-8-15(9-7-13)12-26-21(25)19-16(11-23)10-17-18(20(24)22(17)19)14(2)27-28(3,4)5;;;/h6-9,14,17-18,23H,10-12H2,1-5H3;3*1H4. The first-order valence-electron chi connectivity index (χ1n) is 9.69. The molecule has 176 valence electrons. The van der Waals surface area contributed by atoms with E-state index < -0.39 is 14.3 Å². The van der Waals surface area contributed by atoms with Gasteiger partial charge in [0.1, 0.15) is 12.3 Å². The van der Waals surface area contributed by atoms with Crippen molar-refractivity contribution in [1.29, 1.82) is 0 Å². The van der Waals surface area contributed by atoms with Gasteiger partial charge in [-0.15, -0.1) is 0 Å². The highest BCUT2D eigenvalue weighted by Crippen LogP contribution is 2.44. The Hall–Kier alpha value is -1.96. The van der Waals surface area contributed by atoms with Crippen molar-refractivity contribution in [3.8, 4) is 0 Å². The number of carbonyl (C=O) groups excluding carboxylic acids is 2. The quantitative estimate of drug-likeness (QED) is 0.371. The molecule has 3 rings (SSSR count). The van der Waals surface area contributed by atoms with Gasteiger partial charge in [0.05, 0.1) is 24.7 Å². The first-order chi connectivity index (χ1) is 13.1. The second-order valence-corrected chi connectivity index (χ2v) is 13.1. The zero-order chi connectivity index (χ0) is 20.6. The van der Waals surface area contributed by atoms with Gasteiger partial charge in [-0.05, 0) is 51.0 Å². The maximum Gasteiger partial charge on any atom is 0.355 e. The van der Waals surface area contributed by atoms with Crippen LogP contribution in [0.2, 0.25) is 19.6 Å². The zero-order valence-corrected chi connectivity index (χ0v) is 18.2. The van der Waals surface area contributed by atoms with Crippen LogP contribution in [0.3, 0.4) is 0 Å². The predicted octanol–water partition coefficient (Wildman–Crippen LogP) is 4.66. The van der Waals surface area contributed by atoms with E-state index in [1.165, 1.54) is 4.90 Å². The number of β-lactam (4-membered cyclic amide) rings is 1. The maximum absolute atomic E-state index is 12.8. The molecule has 0 aliphatic carbocycles. The highest BCUT2D eigenvalue weighted by molar-refractivity contribution is 6.69. The summed E-state index contributed by atoms with van der Waals surface area (Å²) < 4.78 is 11.5. The van der Waals surface area contributed by atoms with Crippen molar-refractivity contribution in [2.75, 3.05) is 6.61 Å². The van der Waals surface area contributed by atoms with Gasteiger partial charge in [-0.1, -0.05) is 52.1 Å². The molecule has 1 saturated heterocycles. The fourth-order valence-electron chi connectivity index (χ4n) is 4.01. The molecule has 2 aliphatic rings. The van der Waals surface area contributed by atoms with Crippen molar-refractivity contribution < 1.29 is 23.9 Å². The minimum Gasteiger partial charge on any atom is -0.456 e. The Morgan fingerprint density at radius 3 is 2.29 bits per heavy atom. The first-order valence-corrected chi connectivity index (χ1v) is 13.1. The summed E-state index contributed by atoms with van der Waals surface area (Å²) in [4.78, 5) is 27.0. The fourth-order valence-corrected chi connectivity index (χ4v) is 5.27. The van der Waals surface area contributed by atoms with Crippen LogP contribution >= 0.6 is 0 Å². The normalized spacial score (nSPS) is 20.6. The minimum atomic E-state index is -1.78. The van der Waals surface area contributed by atoms with Gasteiger partial charge in [0.15, 0.2) is 8.32 Å². The number of carbonyl (C=O) groups is 2. The molecule has 3 unspecified atom stereocenters. The molecule has 1 amide bonds. The lowest BCUT2D eigenvalue weighted by Crippen LogP contribution is -2.63. The van der Waals surface area contributed by atoms with Gasteiger partial charge in [0, 0.05) is 0 Å². The maximum atomic E-state index is 12.8. The lowest BCUT2D eigenvalue weighted by atomic mass is 9.83.